The topological polar surface area (TPSA) is 225 Å². The van der Waals surface area contributed by atoms with Crippen LogP contribution in [0.15, 0.2) is 177 Å². The quantitative estimate of drug-likeness (QED) is 0.0842. The van der Waals surface area contributed by atoms with Gasteiger partial charge in [0.1, 0.15) is 39.5 Å². The lowest BCUT2D eigenvalue weighted by Crippen LogP contribution is -2.50. The highest BCUT2D eigenvalue weighted by molar-refractivity contribution is 7.11. The van der Waals surface area contributed by atoms with Crippen molar-refractivity contribution in [2.75, 3.05) is 98.1 Å². The summed E-state index contributed by atoms with van der Waals surface area (Å²) in [6.07, 6.45) is 7.05. The van der Waals surface area contributed by atoms with Gasteiger partial charge in [0.05, 0.1) is 77.6 Å². The van der Waals surface area contributed by atoms with Gasteiger partial charge < -0.3 is 40.7 Å². The molecular formula is C97H98Cl5F2N17O4S. The lowest BCUT2D eigenvalue weighted by molar-refractivity contribution is 0.471. The molecule has 0 aliphatic carbocycles. The number of hydrogen-bond donors (Lipinski definition) is 4. The lowest BCUT2D eigenvalue weighted by atomic mass is 9.92. The monoisotopic (exact) mass is 1810 g/mol. The highest BCUT2D eigenvalue weighted by atomic mass is 35.5. The van der Waals surface area contributed by atoms with Crippen LogP contribution in [-0.2, 0) is 6.54 Å². The van der Waals surface area contributed by atoms with E-state index in [9.17, 15) is 23.9 Å². The van der Waals surface area contributed by atoms with Crippen molar-refractivity contribution in [1.82, 2.24) is 58.9 Å². The molecule has 4 N–H and O–H groups in total. The van der Waals surface area contributed by atoms with Crippen LogP contribution in [-0.4, -0.2) is 145 Å². The number of piperidine rings is 1. The maximum atomic E-state index is 15.1. The molecule has 2 atom stereocenters. The Labute approximate surface area is 758 Å². The van der Waals surface area contributed by atoms with Crippen LogP contribution in [0.25, 0.3) is 94.4 Å². The van der Waals surface area contributed by atoms with Gasteiger partial charge in [0.2, 0.25) is 0 Å². The van der Waals surface area contributed by atoms with Crippen molar-refractivity contribution >= 4 is 142 Å². The zero-order valence-electron chi connectivity index (χ0n) is 71.8. The van der Waals surface area contributed by atoms with Crippen molar-refractivity contribution in [3.63, 3.8) is 0 Å². The van der Waals surface area contributed by atoms with E-state index >= 15 is 4.39 Å². The Bertz CT molecular complexity index is 6730. The normalized spacial score (nSPS) is 15.9. The lowest BCUT2D eigenvalue weighted by Gasteiger charge is -2.35. The van der Waals surface area contributed by atoms with Gasteiger partial charge in [-0.25, -0.2) is 32.7 Å². The molecule has 8 aromatic carbocycles. The maximum absolute atomic E-state index is 15.1. The predicted octanol–water partition coefficient (Wildman–Crippen LogP) is 20.4. The maximum Gasteiger partial charge on any atom is 0.355 e. The molecule has 5 aliphatic rings. The van der Waals surface area contributed by atoms with Crippen LogP contribution in [0.4, 0.5) is 31.2 Å². The average molecular weight is 1810 g/mol. The van der Waals surface area contributed by atoms with E-state index in [1.165, 1.54) is 46.3 Å². The zero-order valence-corrected chi connectivity index (χ0v) is 76.4. The number of fused-ring (bicyclic) bond motifs is 5. The molecule has 4 saturated heterocycles. The number of aryl methyl sites for hydroxylation is 2. The molecule has 0 bridgehead atoms. The SMILES string of the molecule is CC(C)c1ccccc1-n1c(=O)nc(N2CCNC[C@@H]2C)c2cc(Cl)c(-c3c(O)cccc3F)nc21.Cc1cc2c(cc1Cl)c(N1CCNC[C@@H]1C)nc(=O)n2-c1ccccc1C(C)C.Cc1ccc2c(c1-c1cc3c(cc1Cl)c(N1CCNCC1)nc(=O)n3-c1ccccc1C(C)C)C=NC2.Fc1c(-c2ncccc2Cl)c(Cl)cc2c(N3CCCCC3)snc12. The molecule has 650 valence electrons. The van der Waals surface area contributed by atoms with E-state index in [1.807, 2.05) is 106 Å². The number of benzene rings is 8. The fourth-order valence-corrected chi connectivity index (χ4v) is 19.7. The Kier molecular flexibility index (Phi) is 26.8. The summed E-state index contributed by atoms with van der Waals surface area (Å²) in [6.45, 7) is 31.5. The molecule has 0 saturated carbocycles. The van der Waals surface area contributed by atoms with E-state index in [1.54, 1.807) is 39.6 Å². The summed E-state index contributed by atoms with van der Waals surface area (Å²) in [5.41, 5.74) is 13.7. The summed E-state index contributed by atoms with van der Waals surface area (Å²) in [7, 11) is 0. The molecule has 14 aromatic rings. The molecule has 4 fully saturated rings. The largest absolute Gasteiger partial charge is 0.507 e. The first-order valence-corrected chi connectivity index (χ1v) is 45.5. The number of para-hydroxylation sites is 3. The van der Waals surface area contributed by atoms with Crippen LogP contribution in [0.5, 0.6) is 5.75 Å². The number of nitrogens with zero attached hydrogens (tertiary/aromatic N) is 14. The summed E-state index contributed by atoms with van der Waals surface area (Å²) >= 11 is 34.1. The molecule has 0 radical (unpaired) electrons. The standard InChI is InChI=1S/C30H30ClN5O.C27H27ClFN5O2.C23H27ClN4O.C17H14Cl2FN3S/c1-18(2)21-6-4-5-7-26(21)36-27-15-22(28-19(3)8-9-20-16-33-17-24(20)28)25(31)14-23(27)29(34-30(36)37)35-12-10-32-11-13-35;1-15(2)17-7-4-5-9-21(17)34-26-18(25(32-27(34)36)33-12-11-30-14-16(33)3)13-19(28)24(31-26)23-20(29)8-6-10-22(23)35;1-14(2)17-7-5-6-8-20(17)28-21-11-15(3)19(24)12-18(21)22(26-23(28)29)27-10-9-25-13-16(27)4;18-11-5-4-6-21-16(11)13-12(19)9-10-15(14(13)20)22-24-17(10)23-7-2-1-3-8-23/h4-9,14-15,17-18,32H,10-13,16H2,1-3H3;4-10,13,15-16,30,35H,11-12,14H2,1-3H3;5-8,11-12,14,16,25H,9-10,13H2,1-4H3;4-6,9H,1-3,7-8H2/t;2*16-;/m.00./s1. The number of nitrogens with one attached hydrogen (secondary N) is 3. The Balaban J connectivity index is 0.000000125. The van der Waals surface area contributed by atoms with E-state index in [0.717, 1.165) is 179 Å². The summed E-state index contributed by atoms with van der Waals surface area (Å²) in [5.74, 6) is 1.15. The molecule has 0 spiro atoms. The number of aromatic nitrogens is 9. The summed E-state index contributed by atoms with van der Waals surface area (Å²) in [5, 5.41) is 26.9. The van der Waals surface area contributed by atoms with Gasteiger partial charge in [-0.15, -0.1) is 0 Å². The van der Waals surface area contributed by atoms with Gasteiger partial charge in [0.15, 0.2) is 11.5 Å². The van der Waals surface area contributed by atoms with Crippen LogP contribution < -0.4 is 52.6 Å². The second-order valence-electron chi connectivity index (χ2n) is 33.4. The number of piperazine rings is 3. The highest BCUT2D eigenvalue weighted by Crippen LogP contribution is 2.46. The van der Waals surface area contributed by atoms with Crippen LogP contribution >= 0.6 is 69.5 Å². The summed E-state index contributed by atoms with van der Waals surface area (Å²) < 4.78 is 39.3. The smallest absolute Gasteiger partial charge is 0.355 e. The minimum atomic E-state index is -0.662. The third-order valence-corrected chi connectivity index (χ3v) is 26.6. The van der Waals surface area contributed by atoms with E-state index < -0.39 is 17.3 Å². The minimum Gasteiger partial charge on any atom is -0.507 e. The number of phenolic OH excluding ortho intramolecular Hbond substituents is 1. The van der Waals surface area contributed by atoms with Crippen molar-refractivity contribution in [2.45, 2.75) is 125 Å². The number of anilines is 4. The third kappa shape index (κ3) is 17.5. The molecule has 0 amide bonds. The van der Waals surface area contributed by atoms with Crippen molar-refractivity contribution in [3.05, 3.63) is 265 Å². The first-order valence-electron chi connectivity index (χ1n) is 42.8. The molecule has 6 aromatic heterocycles. The summed E-state index contributed by atoms with van der Waals surface area (Å²) in [4.78, 5) is 76.7. The van der Waals surface area contributed by atoms with Crippen LogP contribution in [0, 0.1) is 25.5 Å². The first-order chi connectivity index (χ1) is 60.8. The van der Waals surface area contributed by atoms with Gasteiger partial charge in [-0.1, -0.05) is 172 Å². The molecule has 0 unspecified atom stereocenters. The molecular weight excluding hydrogens is 1710 g/mol. The van der Waals surface area contributed by atoms with Crippen molar-refractivity contribution < 1.29 is 13.9 Å². The Hall–Kier alpha value is -10.8. The van der Waals surface area contributed by atoms with E-state index in [4.69, 9.17) is 63.0 Å². The average Bonchev–Trinajstić information content (AvgIpc) is 0.871. The minimum absolute atomic E-state index is 0.0560. The molecule has 29 heteroatoms. The van der Waals surface area contributed by atoms with Gasteiger partial charge in [-0.3, -0.25) is 19.1 Å². The van der Waals surface area contributed by atoms with E-state index in [-0.39, 0.29) is 68.8 Å². The fraction of sp³-hybridized carbons (Fsp3) is 0.320. The van der Waals surface area contributed by atoms with Crippen LogP contribution in [0.2, 0.25) is 25.1 Å². The fourth-order valence-electron chi connectivity index (χ4n) is 17.6. The Morgan fingerprint density at radius 2 is 1.02 bits per heavy atom. The van der Waals surface area contributed by atoms with Crippen LogP contribution in [0.3, 0.4) is 0 Å². The highest BCUT2D eigenvalue weighted by Gasteiger charge is 2.32. The molecule has 21 nitrogen and oxygen atoms in total. The van der Waals surface area contributed by atoms with Crippen LogP contribution in [0.1, 0.15) is 131 Å². The van der Waals surface area contributed by atoms with Crippen molar-refractivity contribution in [2.24, 2.45) is 4.99 Å². The predicted molar refractivity (Wildman–Crippen MR) is 514 cm³/mol. The zero-order chi connectivity index (χ0) is 88.6. The van der Waals surface area contributed by atoms with Crippen molar-refractivity contribution in [1.29, 1.82) is 0 Å². The van der Waals surface area contributed by atoms with Crippen molar-refractivity contribution in [3.8, 4) is 56.5 Å². The molecule has 11 heterocycles. The molecule has 19 rings (SSSR count). The number of aliphatic imine (C=N–C) groups is 1. The van der Waals surface area contributed by atoms with Gasteiger partial charge in [-0.05, 0) is 194 Å². The van der Waals surface area contributed by atoms with E-state index in [0.29, 0.717) is 72.7 Å². The number of aromatic hydroxyl groups is 1. The number of phenols is 1. The van der Waals surface area contributed by atoms with Gasteiger partial charge in [-0.2, -0.15) is 19.3 Å². The second-order valence-corrected chi connectivity index (χ2v) is 36.2. The summed E-state index contributed by atoms with van der Waals surface area (Å²) in [6, 6.07) is 47.2. The van der Waals surface area contributed by atoms with Gasteiger partial charge >= 0.3 is 17.1 Å². The number of halogens is 7. The molecule has 5 aliphatic heterocycles. The number of pyridine rings is 2. The van der Waals surface area contributed by atoms with E-state index in [2.05, 4.69) is 144 Å². The number of rotatable bonds is 13. The molecule has 126 heavy (non-hydrogen) atoms. The Morgan fingerprint density at radius 3 is 1.62 bits per heavy atom. The van der Waals surface area contributed by atoms with Gasteiger partial charge in [0, 0.05) is 140 Å². The van der Waals surface area contributed by atoms with Gasteiger partial charge in [0.25, 0.3) is 0 Å². The number of hydrogen-bond acceptors (Lipinski definition) is 19. The second kappa shape index (κ2) is 38.0. The first kappa shape index (κ1) is 88.7. The third-order valence-electron chi connectivity index (χ3n) is 24.1. The Morgan fingerprint density at radius 1 is 0.484 bits per heavy atom.